The fourth-order valence-electron chi connectivity index (χ4n) is 1.88. The second-order valence-corrected chi connectivity index (χ2v) is 6.65. The fraction of sp³-hybridized carbons (Fsp3) is 0.462. The zero-order chi connectivity index (χ0) is 14.6. The van der Waals surface area contributed by atoms with Gasteiger partial charge in [-0.25, -0.2) is 8.42 Å². The monoisotopic (exact) mass is 285 g/mol. The van der Waals surface area contributed by atoms with Crippen molar-refractivity contribution in [1.29, 1.82) is 0 Å². The van der Waals surface area contributed by atoms with Crippen LogP contribution < -0.4 is 4.90 Å². The molecule has 0 aliphatic carbocycles. The van der Waals surface area contributed by atoms with E-state index in [4.69, 9.17) is 5.11 Å². The molecule has 5 nitrogen and oxygen atoms in total. The molecule has 0 heterocycles. The summed E-state index contributed by atoms with van der Waals surface area (Å²) in [5.74, 6) is -0.900. The molecule has 0 atom stereocenters. The van der Waals surface area contributed by atoms with Gasteiger partial charge in [0, 0.05) is 18.8 Å². The van der Waals surface area contributed by atoms with Gasteiger partial charge in [0.2, 0.25) is 0 Å². The summed E-state index contributed by atoms with van der Waals surface area (Å²) in [6.07, 6.45) is 1.12. The van der Waals surface area contributed by atoms with E-state index >= 15 is 0 Å². The smallest absolute Gasteiger partial charge is 0.305 e. The van der Waals surface area contributed by atoms with Crippen molar-refractivity contribution in [3.8, 4) is 0 Å². The lowest BCUT2D eigenvalue weighted by Gasteiger charge is -2.30. The van der Waals surface area contributed by atoms with Crippen LogP contribution in [0.25, 0.3) is 0 Å². The van der Waals surface area contributed by atoms with Gasteiger partial charge in [-0.15, -0.1) is 0 Å². The number of benzene rings is 1. The Morgan fingerprint density at radius 1 is 1.32 bits per heavy atom. The quantitative estimate of drug-likeness (QED) is 0.862. The second-order valence-electron chi connectivity index (χ2n) is 4.67. The summed E-state index contributed by atoms with van der Waals surface area (Å²) in [5.41, 5.74) is 0.557. The lowest BCUT2D eigenvalue weighted by Crippen LogP contribution is -2.33. The standard InChI is InChI=1S/C13H19NO4S/c1-10(2)14(9-8-13(15)16)11-6-4-5-7-12(11)19(3,17)18/h4-7,10H,8-9H2,1-3H3,(H,15,16). The normalized spacial score (nSPS) is 11.6. The summed E-state index contributed by atoms with van der Waals surface area (Å²) in [5, 5.41) is 8.78. The van der Waals surface area contributed by atoms with Crippen molar-refractivity contribution in [2.75, 3.05) is 17.7 Å². The van der Waals surface area contributed by atoms with E-state index in [9.17, 15) is 13.2 Å². The maximum Gasteiger partial charge on any atom is 0.305 e. The first-order valence-corrected chi connectivity index (χ1v) is 7.90. The van der Waals surface area contributed by atoms with E-state index in [2.05, 4.69) is 0 Å². The molecule has 1 N–H and O–H groups in total. The van der Waals surface area contributed by atoms with Crippen LogP contribution in [0, 0.1) is 0 Å². The Bertz CT molecular complexity index is 552. The molecular formula is C13H19NO4S. The SMILES string of the molecule is CC(C)N(CCC(=O)O)c1ccccc1S(C)(=O)=O. The first-order valence-electron chi connectivity index (χ1n) is 6.01. The molecule has 0 saturated heterocycles. The van der Waals surface area contributed by atoms with Crippen molar-refractivity contribution >= 4 is 21.5 Å². The van der Waals surface area contributed by atoms with Gasteiger partial charge in [-0.05, 0) is 26.0 Å². The largest absolute Gasteiger partial charge is 0.481 e. The molecule has 0 spiro atoms. The Morgan fingerprint density at radius 3 is 2.37 bits per heavy atom. The zero-order valence-electron chi connectivity index (χ0n) is 11.3. The molecule has 19 heavy (non-hydrogen) atoms. The molecule has 0 unspecified atom stereocenters. The van der Waals surface area contributed by atoms with Crippen LogP contribution in [0.1, 0.15) is 20.3 Å². The van der Waals surface area contributed by atoms with Gasteiger partial charge < -0.3 is 10.0 Å². The Morgan fingerprint density at radius 2 is 1.89 bits per heavy atom. The highest BCUT2D eigenvalue weighted by Gasteiger charge is 2.20. The van der Waals surface area contributed by atoms with E-state index in [0.717, 1.165) is 6.26 Å². The average molecular weight is 285 g/mol. The maximum absolute atomic E-state index is 11.8. The van der Waals surface area contributed by atoms with Gasteiger partial charge in [-0.3, -0.25) is 4.79 Å². The lowest BCUT2D eigenvalue weighted by atomic mass is 10.2. The van der Waals surface area contributed by atoms with Crippen LogP contribution in [-0.2, 0) is 14.6 Å². The third-order valence-electron chi connectivity index (χ3n) is 2.76. The predicted octanol–water partition coefficient (Wildman–Crippen LogP) is 1.78. The molecule has 0 aliphatic rings. The summed E-state index contributed by atoms with van der Waals surface area (Å²) in [6.45, 7) is 4.08. The summed E-state index contributed by atoms with van der Waals surface area (Å²) < 4.78 is 23.6. The Labute approximate surface area is 113 Å². The number of anilines is 1. The van der Waals surface area contributed by atoms with E-state index < -0.39 is 15.8 Å². The van der Waals surface area contributed by atoms with Gasteiger partial charge in [-0.1, -0.05) is 12.1 Å². The minimum atomic E-state index is -3.34. The molecular weight excluding hydrogens is 266 g/mol. The molecule has 0 aromatic heterocycles. The van der Waals surface area contributed by atoms with E-state index in [-0.39, 0.29) is 23.9 Å². The number of rotatable bonds is 6. The zero-order valence-corrected chi connectivity index (χ0v) is 12.1. The third kappa shape index (κ3) is 4.24. The van der Waals surface area contributed by atoms with Gasteiger partial charge in [0.05, 0.1) is 17.0 Å². The van der Waals surface area contributed by atoms with Gasteiger partial charge >= 0.3 is 5.97 Å². The molecule has 6 heteroatoms. The average Bonchev–Trinajstić information content (AvgIpc) is 2.27. The van der Waals surface area contributed by atoms with Crippen molar-refractivity contribution in [1.82, 2.24) is 0 Å². The Hall–Kier alpha value is -1.56. The first kappa shape index (κ1) is 15.5. The van der Waals surface area contributed by atoms with Crippen molar-refractivity contribution in [3.05, 3.63) is 24.3 Å². The molecule has 1 aromatic rings. The molecule has 0 bridgehead atoms. The minimum absolute atomic E-state index is 0.0160. The molecule has 0 fully saturated rings. The number of nitrogens with zero attached hydrogens (tertiary/aromatic N) is 1. The number of carbonyl (C=O) groups is 1. The van der Waals surface area contributed by atoms with Crippen LogP contribution >= 0.6 is 0 Å². The number of hydrogen-bond acceptors (Lipinski definition) is 4. The minimum Gasteiger partial charge on any atom is -0.481 e. The number of hydrogen-bond donors (Lipinski definition) is 1. The summed E-state index contributed by atoms with van der Waals surface area (Å²) >= 11 is 0. The van der Waals surface area contributed by atoms with Crippen LogP contribution in [0.5, 0.6) is 0 Å². The molecule has 0 aliphatic heterocycles. The first-order chi connectivity index (χ1) is 8.73. The maximum atomic E-state index is 11.8. The van der Waals surface area contributed by atoms with Crippen molar-refractivity contribution < 1.29 is 18.3 Å². The van der Waals surface area contributed by atoms with Gasteiger partial charge in [0.25, 0.3) is 0 Å². The number of sulfone groups is 1. The highest BCUT2D eigenvalue weighted by molar-refractivity contribution is 7.90. The molecule has 0 radical (unpaired) electrons. The van der Waals surface area contributed by atoms with Crippen molar-refractivity contribution in [2.45, 2.75) is 31.2 Å². The molecule has 0 amide bonds. The summed E-state index contributed by atoms with van der Waals surface area (Å²) in [7, 11) is -3.34. The molecule has 1 aromatic carbocycles. The van der Waals surface area contributed by atoms with E-state index in [1.807, 2.05) is 13.8 Å². The van der Waals surface area contributed by atoms with Crippen LogP contribution in [0.15, 0.2) is 29.2 Å². The van der Waals surface area contributed by atoms with Crippen LogP contribution in [-0.4, -0.2) is 38.3 Å². The van der Waals surface area contributed by atoms with Crippen LogP contribution in [0.3, 0.4) is 0 Å². The number of carboxylic acids is 1. The summed E-state index contributed by atoms with van der Waals surface area (Å²) in [4.78, 5) is 12.7. The van der Waals surface area contributed by atoms with E-state index in [1.165, 1.54) is 0 Å². The number of para-hydroxylation sites is 1. The Balaban J connectivity index is 3.20. The third-order valence-corrected chi connectivity index (χ3v) is 3.91. The fourth-order valence-corrected chi connectivity index (χ4v) is 2.77. The van der Waals surface area contributed by atoms with Crippen molar-refractivity contribution in [3.63, 3.8) is 0 Å². The van der Waals surface area contributed by atoms with Gasteiger partial charge in [-0.2, -0.15) is 0 Å². The predicted molar refractivity (Wildman–Crippen MR) is 74.3 cm³/mol. The van der Waals surface area contributed by atoms with E-state index in [1.54, 1.807) is 29.2 Å². The number of carboxylic acid groups (broad SMARTS) is 1. The lowest BCUT2D eigenvalue weighted by molar-refractivity contribution is -0.136. The highest BCUT2D eigenvalue weighted by Crippen LogP contribution is 2.26. The highest BCUT2D eigenvalue weighted by atomic mass is 32.2. The topological polar surface area (TPSA) is 74.7 Å². The Kier molecular flexibility index (Phi) is 4.94. The summed E-state index contributed by atoms with van der Waals surface area (Å²) in [6, 6.07) is 6.68. The second kappa shape index (κ2) is 6.06. The van der Waals surface area contributed by atoms with Crippen molar-refractivity contribution in [2.24, 2.45) is 0 Å². The number of aliphatic carboxylic acids is 1. The molecule has 0 saturated carbocycles. The van der Waals surface area contributed by atoms with Crippen LogP contribution in [0.4, 0.5) is 5.69 Å². The van der Waals surface area contributed by atoms with Gasteiger partial charge in [0.15, 0.2) is 9.84 Å². The molecule has 1 rings (SSSR count). The van der Waals surface area contributed by atoms with Gasteiger partial charge in [0.1, 0.15) is 0 Å². The molecule has 106 valence electrons. The van der Waals surface area contributed by atoms with E-state index in [0.29, 0.717) is 5.69 Å². The van der Waals surface area contributed by atoms with Crippen LogP contribution in [0.2, 0.25) is 0 Å².